The molecule has 0 atom stereocenters. The van der Waals surface area contributed by atoms with Gasteiger partial charge < -0.3 is 10.1 Å². The van der Waals surface area contributed by atoms with Crippen molar-refractivity contribution < 1.29 is 9.53 Å². The van der Waals surface area contributed by atoms with Crippen LogP contribution in [-0.4, -0.2) is 26.2 Å². The Hall–Kier alpha value is -1.31. The molecule has 0 bridgehead atoms. The molecule has 15 heavy (non-hydrogen) atoms. The minimum Gasteiger partial charge on any atom is -0.462 e. The molecular formula is C11H13NO2S. The maximum absolute atomic E-state index is 11.3. The number of nitrogens with one attached hydrogen (secondary N) is 1. The van der Waals surface area contributed by atoms with Crippen LogP contribution in [0, 0.1) is 11.8 Å². The molecule has 0 amide bonds. The van der Waals surface area contributed by atoms with E-state index in [-0.39, 0.29) is 5.97 Å². The number of thiophene rings is 1. The van der Waals surface area contributed by atoms with Gasteiger partial charge in [-0.15, -0.1) is 11.3 Å². The van der Waals surface area contributed by atoms with E-state index in [1.807, 2.05) is 13.1 Å². The third-order valence-electron chi connectivity index (χ3n) is 1.56. The van der Waals surface area contributed by atoms with Gasteiger partial charge in [-0.1, -0.05) is 11.8 Å². The summed E-state index contributed by atoms with van der Waals surface area (Å²) in [5.41, 5.74) is 0. The van der Waals surface area contributed by atoms with Crippen LogP contribution in [0.25, 0.3) is 0 Å². The molecule has 0 aliphatic rings. The Balaban J connectivity index is 2.65. The van der Waals surface area contributed by atoms with E-state index in [1.54, 1.807) is 13.0 Å². The molecule has 0 saturated heterocycles. The highest BCUT2D eigenvalue weighted by Gasteiger charge is 2.08. The van der Waals surface area contributed by atoms with Gasteiger partial charge in [0.15, 0.2) is 0 Å². The van der Waals surface area contributed by atoms with Gasteiger partial charge in [0.05, 0.1) is 18.0 Å². The van der Waals surface area contributed by atoms with E-state index >= 15 is 0 Å². The van der Waals surface area contributed by atoms with Crippen molar-refractivity contribution in [3.05, 3.63) is 21.9 Å². The zero-order valence-electron chi connectivity index (χ0n) is 8.79. The van der Waals surface area contributed by atoms with Crippen LogP contribution in [0.4, 0.5) is 0 Å². The van der Waals surface area contributed by atoms with Crippen LogP contribution in [0.5, 0.6) is 0 Å². The standard InChI is InChI=1S/C11H13NO2S/c1-3-14-11(13)10-7-6-9(15-10)5-4-8-12-2/h6-7,12H,3,8H2,1-2H3. The highest BCUT2D eigenvalue weighted by Crippen LogP contribution is 2.16. The number of ether oxygens (including phenoxy) is 1. The molecule has 0 aromatic carbocycles. The Morgan fingerprint density at radius 3 is 3.07 bits per heavy atom. The molecule has 1 aromatic heterocycles. The summed E-state index contributed by atoms with van der Waals surface area (Å²) in [4.78, 5) is 12.8. The predicted molar refractivity (Wildman–Crippen MR) is 61.1 cm³/mol. The van der Waals surface area contributed by atoms with Crippen LogP contribution in [0.1, 0.15) is 21.5 Å². The molecule has 1 heterocycles. The molecule has 0 aliphatic carbocycles. The number of hydrogen-bond donors (Lipinski definition) is 1. The van der Waals surface area contributed by atoms with Gasteiger partial charge in [-0.25, -0.2) is 4.79 Å². The number of hydrogen-bond acceptors (Lipinski definition) is 4. The summed E-state index contributed by atoms with van der Waals surface area (Å²) in [6, 6.07) is 3.58. The van der Waals surface area contributed by atoms with Gasteiger partial charge in [-0.3, -0.25) is 0 Å². The average molecular weight is 223 g/mol. The second-order valence-corrected chi connectivity index (χ2v) is 3.80. The summed E-state index contributed by atoms with van der Waals surface area (Å²) in [6.07, 6.45) is 0. The number of rotatable bonds is 3. The lowest BCUT2D eigenvalue weighted by Gasteiger charge is -1.95. The molecule has 0 aliphatic heterocycles. The summed E-state index contributed by atoms with van der Waals surface area (Å²) >= 11 is 1.36. The summed E-state index contributed by atoms with van der Waals surface area (Å²) in [6.45, 7) is 2.84. The molecule has 3 nitrogen and oxygen atoms in total. The molecule has 80 valence electrons. The van der Waals surface area contributed by atoms with Gasteiger partial charge in [0, 0.05) is 0 Å². The predicted octanol–water partition coefficient (Wildman–Crippen LogP) is 1.50. The number of carbonyl (C=O) groups is 1. The Kier molecular flexibility index (Phi) is 4.88. The quantitative estimate of drug-likeness (QED) is 0.623. The van der Waals surface area contributed by atoms with Crippen molar-refractivity contribution in [2.45, 2.75) is 6.92 Å². The molecule has 0 unspecified atom stereocenters. The lowest BCUT2D eigenvalue weighted by Crippen LogP contribution is -2.04. The van der Waals surface area contributed by atoms with E-state index in [0.717, 1.165) is 4.88 Å². The molecule has 0 spiro atoms. The zero-order chi connectivity index (χ0) is 11.1. The topological polar surface area (TPSA) is 38.3 Å². The summed E-state index contributed by atoms with van der Waals surface area (Å²) in [5.74, 6) is 5.62. The largest absolute Gasteiger partial charge is 0.462 e. The lowest BCUT2D eigenvalue weighted by atomic mass is 10.4. The van der Waals surface area contributed by atoms with Gasteiger partial charge in [0.25, 0.3) is 0 Å². The van der Waals surface area contributed by atoms with Gasteiger partial charge >= 0.3 is 5.97 Å². The summed E-state index contributed by atoms with van der Waals surface area (Å²) < 4.78 is 4.88. The second-order valence-electron chi connectivity index (χ2n) is 2.72. The fourth-order valence-electron chi connectivity index (χ4n) is 0.937. The highest BCUT2D eigenvalue weighted by atomic mass is 32.1. The van der Waals surface area contributed by atoms with Crippen LogP contribution < -0.4 is 5.32 Å². The first-order valence-electron chi connectivity index (χ1n) is 4.68. The Morgan fingerprint density at radius 2 is 2.40 bits per heavy atom. The molecule has 0 saturated carbocycles. The molecule has 1 aromatic rings. The van der Waals surface area contributed by atoms with E-state index in [1.165, 1.54) is 11.3 Å². The minimum absolute atomic E-state index is 0.274. The SMILES string of the molecule is CCOC(=O)c1ccc(C#CCNC)s1. The Labute approximate surface area is 93.5 Å². The van der Waals surface area contributed by atoms with Crippen molar-refractivity contribution in [2.75, 3.05) is 20.2 Å². The maximum Gasteiger partial charge on any atom is 0.348 e. The number of carbonyl (C=O) groups excluding carboxylic acids is 1. The van der Waals surface area contributed by atoms with Crippen molar-refractivity contribution in [3.8, 4) is 11.8 Å². The fourth-order valence-corrected chi connectivity index (χ4v) is 1.71. The van der Waals surface area contributed by atoms with Crippen molar-refractivity contribution in [2.24, 2.45) is 0 Å². The van der Waals surface area contributed by atoms with Crippen LogP contribution in [0.2, 0.25) is 0 Å². The van der Waals surface area contributed by atoms with Crippen molar-refractivity contribution >= 4 is 17.3 Å². The lowest BCUT2D eigenvalue weighted by molar-refractivity contribution is 0.0532. The Bertz CT molecular complexity index is 387. The highest BCUT2D eigenvalue weighted by molar-refractivity contribution is 7.14. The average Bonchev–Trinajstić information content (AvgIpc) is 2.67. The van der Waals surface area contributed by atoms with Crippen molar-refractivity contribution in [3.63, 3.8) is 0 Å². The zero-order valence-corrected chi connectivity index (χ0v) is 9.61. The molecule has 4 heteroatoms. The minimum atomic E-state index is -0.274. The van der Waals surface area contributed by atoms with Gasteiger partial charge in [0.1, 0.15) is 4.88 Å². The van der Waals surface area contributed by atoms with Crippen molar-refractivity contribution in [1.29, 1.82) is 0 Å². The maximum atomic E-state index is 11.3. The van der Waals surface area contributed by atoms with Crippen LogP contribution in [-0.2, 0) is 4.74 Å². The first kappa shape index (κ1) is 11.8. The van der Waals surface area contributed by atoms with E-state index in [2.05, 4.69) is 17.2 Å². The fraction of sp³-hybridized carbons (Fsp3) is 0.364. The van der Waals surface area contributed by atoms with E-state index in [4.69, 9.17) is 4.74 Å². The van der Waals surface area contributed by atoms with Crippen LogP contribution >= 0.6 is 11.3 Å². The smallest absolute Gasteiger partial charge is 0.348 e. The molecule has 0 fully saturated rings. The van der Waals surface area contributed by atoms with E-state index < -0.39 is 0 Å². The van der Waals surface area contributed by atoms with E-state index in [9.17, 15) is 4.79 Å². The third-order valence-corrected chi connectivity index (χ3v) is 2.54. The van der Waals surface area contributed by atoms with Gasteiger partial charge in [0.2, 0.25) is 0 Å². The monoisotopic (exact) mass is 223 g/mol. The van der Waals surface area contributed by atoms with Gasteiger partial charge in [-0.05, 0) is 26.1 Å². The van der Waals surface area contributed by atoms with Crippen LogP contribution in [0.15, 0.2) is 12.1 Å². The van der Waals surface area contributed by atoms with Crippen molar-refractivity contribution in [1.82, 2.24) is 5.32 Å². The third kappa shape index (κ3) is 3.74. The molecule has 0 radical (unpaired) electrons. The summed E-state index contributed by atoms with van der Waals surface area (Å²) in [7, 11) is 1.84. The normalized spacial score (nSPS) is 9.20. The second kappa shape index (κ2) is 6.23. The van der Waals surface area contributed by atoms with E-state index in [0.29, 0.717) is 18.0 Å². The first-order valence-corrected chi connectivity index (χ1v) is 5.50. The van der Waals surface area contributed by atoms with Gasteiger partial charge in [-0.2, -0.15) is 0 Å². The first-order chi connectivity index (χ1) is 7.27. The summed E-state index contributed by atoms with van der Waals surface area (Å²) in [5, 5.41) is 2.93. The van der Waals surface area contributed by atoms with Crippen LogP contribution in [0.3, 0.4) is 0 Å². The Morgan fingerprint density at radius 1 is 1.60 bits per heavy atom. The molecule has 1 rings (SSSR count). The molecular weight excluding hydrogens is 210 g/mol. The number of esters is 1. The molecule has 1 N–H and O–H groups in total.